The standard InChI is InChI=1S/C10H11N5O2/c1-6-2-3-13-4-7(6)15-9(11)8(5-14-15)17-10(12)16/h2-5H,11H2,1H3,(H2,12,16). The van der Waals surface area contributed by atoms with Crippen LogP contribution in [0.3, 0.4) is 0 Å². The first-order chi connectivity index (χ1) is 8.09. The highest BCUT2D eigenvalue weighted by Crippen LogP contribution is 2.24. The number of hydrogen-bond acceptors (Lipinski definition) is 5. The Hall–Kier alpha value is -2.57. The lowest BCUT2D eigenvalue weighted by Gasteiger charge is -2.06. The number of ether oxygens (including phenoxy) is 1. The Morgan fingerprint density at radius 2 is 2.24 bits per heavy atom. The average molecular weight is 233 g/mol. The third-order valence-electron chi connectivity index (χ3n) is 2.22. The zero-order valence-corrected chi connectivity index (χ0v) is 9.12. The van der Waals surface area contributed by atoms with Gasteiger partial charge in [0, 0.05) is 6.20 Å². The molecule has 0 saturated heterocycles. The summed E-state index contributed by atoms with van der Waals surface area (Å²) in [5.74, 6) is 0.320. The molecule has 0 unspecified atom stereocenters. The minimum absolute atomic E-state index is 0.126. The highest BCUT2D eigenvalue weighted by Gasteiger charge is 2.13. The lowest BCUT2D eigenvalue weighted by molar-refractivity contribution is 0.211. The number of pyridine rings is 1. The Morgan fingerprint density at radius 3 is 2.88 bits per heavy atom. The molecule has 2 rings (SSSR count). The van der Waals surface area contributed by atoms with Crippen molar-refractivity contribution in [3.05, 3.63) is 30.2 Å². The van der Waals surface area contributed by atoms with Crippen LogP contribution in [-0.4, -0.2) is 20.9 Å². The van der Waals surface area contributed by atoms with E-state index in [-0.39, 0.29) is 11.6 Å². The number of anilines is 1. The Morgan fingerprint density at radius 1 is 1.47 bits per heavy atom. The molecule has 0 aromatic carbocycles. The average Bonchev–Trinajstić information content (AvgIpc) is 2.61. The normalized spacial score (nSPS) is 10.2. The van der Waals surface area contributed by atoms with Gasteiger partial charge in [0.2, 0.25) is 0 Å². The number of nitrogen functional groups attached to an aromatic ring is 1. The van der Waals surface area contributed by atoms with Crippen LogP contribution in [0.4, 0.5) is 10.6 Å². The number of primary amides is 1. The van der Waals surface area contributed by atoms with Gasteiger partial charge >= 0.3 is 6.09 Å². The highest BCUT2D eigenvalue weighted by atomic mass is 16.5. The molecular weight excluding hydrogens is 222 g/mol. The zero-order chi connectivity index (χ0) is 12.4. The van der Waals surface area contributed by atoms with E-state index in [0.29, 0.717) is 5.69 Å². The van der Waals surface area contributed by atoms with Crippen molar-refractivity contribution < 1.29 is 9.53 Å². The van der Waals surface area contributed by atoms with E-state index in [1.165, 1.54) is 10.9 Å². The molecule has 0 saturated carbocycles. The van der Waals surface area contributed by atoms with Gasteiger partial charge in [-0.2, -0.15) is 5.10 Å². The molecule has 1 amide bonds. The smallest absolute Gasteiger partial charge is 0.405 e. The van der Waals surface area contributed by atoms with Crippen molar-refractivity contribution in [2.45, 2.75) is 6.92 Å². The summed E-state index contributed by atoms with van der Waals surface area (Å²) in [4.78, 5) is 14.6. The quantitative estimate of drug-likeness (QED) is 0.790. The molecule has 2 aromatic heterocycles. The van der Waals surface area contributed by atoms with Crippen LogP contribution in [-0.2, 0) is 0 Å². The van der Waals surface area contributed by atoms with E-state index in [4.69, 9.17) is 16.2 Å². The molecule has 0 aliphatic rings. The second-order valence-electron chi connectivity index (χ2n) is 3.39. The van der Waals surface area contributed by atoms with E-state index in [0.717, 1.165) is 5.56 Å². The number of amides is 1. The molecule has 0 bridgehead atoms. The van der Waals surface area contributed by atoms with E-state index in [9.17, 15) is 4.79 Å². The fraction of sp³-hybridized carbons (Fsp3) is 0.100. The molecule has 0 aliphatic carbocycles. The van der Waals surface area contributed by atoms with Gasteiger partial charge in [-0.1, -0.05) is 0 Å². The molecular formula is C10H11N5O2. The second kappa shape index (κ2) is 4.12. The van der Waals surface area contributed by atoms with Crippen molar-refractivity contribution in [2.24, 2.45) is 5.73 Å². The van der Waals surface area contributed by atoms with Gasteiger partial charge in [0.25, 0.3) is 0 Å². The molecule has 0 spiro atoms. The molecule has 0 atom stereocenters. The van der Waals surface area contributed by atoms with Crippen LogP contribution in [0.1, 0.15) is 5.56 Å². The Kier molecular flexibility index (Phi) is 2.65. The fourth-order valence-electron chi connectivity index (χ4n) is 1.40. The third kappa shape index (κ3) is 2.03. The number of nitrogens with zero attached hydrogens (tertiary/aromatic N) is 3. The van der Waals surface area contributed by atoms with Gasteiger partial charge in [0.1, 0.15) is 0 Å². The Balaban J connectivity index is 2.44. The number of aryl methyl sites for hydroxylation is 1. The second-order valence-corrected chi connectivity index (χ2v) is 3.39. The highest BCUT2D eigenvalue weighted by molar-refractivity contribution is 5.70. The maximum atomic E-state index is 10.6. The van der Waals surface area contributed by atoms with Crippen molar-refractivity contribution in [3.8, 4) is 11.4 Å². The minimum Gasteiger partial charge on any atom is -0.405 e. The predicted octanol–water partition coefficient (Wildman–Crippen LogP) is 0.615. The molecule has 7 nitrogen and oxygen atoms in total. The lowest BCUT2D eigenvalue weighted by atomic mass is 10.2. The van der Waals surface area contributed by atoms with E-state index < -0.39 is 6.09 Å². The summed E-state index contributed by atoms with van der Waals surface area (Å²) in [5.41, 5.74) is 12.4. The predicted molar refractivity (Wildman–Crippen MR) is 60.7 cm³/mol. The molecule has 0 radical (unpaired) electrons. The molecule has 0 aliphatic heterocycles. The topological polar surface area (TPSA) is 109 Å². The molecule has 2 aromatic rings. The van der Waals surface area contributed by atoms with Gasteiger partial charge in [-0.15, -0.1) is 0 Å². The van der Waals surface area contributed by atoms with Gasteiger partial charge in [-0.25, -0.2) is 9.48 Å². The molecule has 0 fully saturated rings. The Labute approximate surface area is 97.0 Å². The van der Waals surface area contributed by atoms with Crippen LogP contribution < -0.4 is 16.2 Å². The van der Waals surface area contributed by atoms with Crippen LogP contribution in [0.2, 0.25) is 0 Å². The number of rotatable bonds is 2. The summed E-state index contributed by atoms with van der Waals surface area (Å²) in [6.45, 7) is 1.90. The number of aromatic nitrogens is 3. The molecule has 7 heteroatoms. The SMILES string of the molecule is Cc1ccncc1-n1ncc(OC(N)=O)c1N. The van der Waals surface area contributed by atoms with Gasteiger partial charge in [0.05, 0.1) is 18.1 Å². The first-order valence-corrected chi connectivity index (χ1v) is 4.81. The monoisotopic (exact) mass is 233 g/mol. The maximum absolute atomic E-state index is 10.6. The van der Waals surface area contributed by atoms with Gasteiger partial charge in [-0.3, -0.25) is 4.98 Å². The van der Waals surface area contributed by atoms with Crippen LogP contribution in [0, 0.1) is 6.92 Å². The van der Waals surface area contributed by atoms with Crippen molar-refractivity contribution in [1.82, 2.24) is 14.8 Å². The largest absolute Gasteiger partial charge is 0.410 e. The molecule has 2 heterocycles. The van der Waals surface area contributed by atoms with Gasteiger partial charge in [0.15, 0.2) is 11.6 Å². The van der Waals surface area contributed by atoms with E-state index in [1.54, 1.807) is 12.4 Å². The molecule has 17 heavy (non-hydrogen) atoms. The Bertz CT molecular complexity index is 564. The number of carbonyl (C=O) groups excluding carboxylic acids is 1. The summed E-state index contributed by atoms with van der Waals surface area (Å²) in [6, 6.07) is 1.82. The molecule has 4 N–H and O–H groups in total. The third-order valence-corrected chi connectivity index (χ3v) is 2.22. The van der Waals surface area contributed by atoms with Crippen molar-refractivity contribution in [1.29, 1.82) is 0 Å². The summed E-state index contributed by atoms with van der Waals surface area (Å²) >= 11 is 0. The van der Waals surface area contributed by atoms with Crippen LogP contribution in [0.5, 0.6) is 5.75 Å². The first kappa shape index (κ1) is 10.9. The summed E-state index contributed by atoms with van der Waals surface area (Å²) in [5, 5.41) is 4.02. The van der Waals surface area contributed by atoms with E-state index >= 15 is 0 Å². The number of carbonyl (C=O) groups is 1. The van der Waals surface area contributed by atoms with Crippen molar-refractivity contribution >= 4 is 11.9 Å². The zero-order valence-electron chi connectivity index (χ0n) is 9.12. The van der Waals surface area contributed by atoms with Gasteiger partial charge < -0.3 is 16.2 Å². The van der Waals surface area contributed by atoms with Crippen LogP contribution >= 0.6 is 0 Å². The first-order valence-electron chi connectivity index (χ1n) is 4.81. The van der Waals surface area contributed by atoms with Gasteiger partial charge in [-0.05, 0) is 18.6 Å². The maximum Gasteiger partial charge on any atom is 0.410 e. The van der Waals surface area contributed by atoms with Crippen LogP contribution in [0.25, 0.3) is 5.69 Å². The van der Waals surface area contributed by atoms with E-state index in [1.807, 2.05) is 13.0 Å². The van der Waals surface area contributed by atoms with Crippen molar-refractivity contribution in [2.75, 3.05) is 5.73 Å². The summed E-state index contributed by atoms with van der Waals surface area (Å²) in [7, 11) is 0. The number of hydrogen-bond donors (Lipinski definition) is 2. The summed E-state index contributed by atoms with van der Waals surface area (Å²) < 4.78 is 6.13. The summed E-state index contributed by atoms with van der Waals surface area (Å²) in [6.07, 6.45) is 3.68. The molecule has 88 valence electrons. The lowest BCUT2D eigenvalue weighted by Crippen LogP contribution is -2.17. The minimum atomic E-state index is -0.931. The van der Waals surface area contributed by atoms with Crippen LogP contribution in [0.15, 0.2) is 24.7 Å². The fourth-order valence-corrected chi connectivity index (χ4v) is 1.40. The van der Waals surface area contributed by atoms with E-state index in [2.05, 4.69) is 10.1 Å². The van der Waals surface area contributed by atoms with Crippen molar-refractivity contribution in [3.63, 3.8) is 0 Å². The number of nitrogens with two attached hydrogens (primary N) is 2.